The molecule has 2 saturated carbocycles. The van der Waals surface area contributed by atoms with Gasteiger partial charge in [-0.25, -0.2) is 0 Å². The number of carboxylic acid groups (broad SMARTS) is 1. The Labute approximate surface area is 111 Å². The van der Waals surface area contributed by atoms with Crippen LogP contribution in [0.25, 0.3) is 0 Å². The maximum atomic E-state index is 12.5. The van der Waals surface area contributed by atoms with E-state index >= 15 is 0 Å². The van der Waals surface area contributed by atoms with Gasteiger partial charge in [0.15, 0.2) is 0 Å². The van der Waals surface area contributed by atoms with Crippen molar-refractivity contribution in [2.45, 2.75) is 31.7 Å². The molecule has 3 fully saturated rings. The minimum Gasteiger partial charge on any atom is -0.481 e. The van der Waals surface area contributed by atoms with Crippen LogP contribution in [0.15, 0.2) is 0 Å². The quantitative estimate of drug-likeness (QED) is 0.842. The molecule has 3 unspecified atom stereocenters. The number of carbonyl (C=O) groups excluding carboxylic acids is 1. The molecule has 1 aliphatic heterocycles. The molecule has 0 aromatic heterocycles. The highest BCUT2D eigenvalue weighted by molar-refractivity contribution is 7.99. The van der Waals surface area contributed by atoms with Crippen molar-refractivity contribution in [1.29, 1.82) is 0 Å². The normalized spacial score (nSPS) is 38.3. The van der Waals surface area contributed by atoms with Crippen molar-refractivity contribution in [1.82, 2.24) is 4.90 Å². The van der Waals surface area contributed by atoms with Gasteiger partial charge in [-0.1, -0.05) is 6.42 Å². The third-order valence-corrected chi connectivity index (χ3v) is 5.70. The number of carbonyl (C=O) groups is 2. The Morgan fingerprint density at radius 1 is 1.28 bits per heavy atom. The standard InChI is InChI=1S/C13H19NO3S/c15-11(16)6-8-7-18-5-4-14(8)13(17)12-9-2-1-3-10(9)12/h8-10,12H,1-7H2,(H,15,16). The molecule has 4 nitrogen and oxygen atoms in total. The van der Waals surface area contributed by atoms with Crippen LogP contribution in [0.2, 0.25) is 0 Å². The SMILES string of the molecule is O=C(O)CC1CSCCN1C(=O)C1C2CCCC21. The Hall–Kier alpha value is -0.710. The summed E-state index contributed by atoms with van der Waals surface area (Å²) in [6.07, 6.45) is 3.77. The molecule has 0 aromatic rings. The first-order chi connectivity index (χ1) is 8.68. The number of rotatable bonds is 3. The van der Waals surface area contributed by atoms with Gasteiger partial charge >= 0.3 is 5.97 Å². The minimum absolute atomic E-state index is 0.0879. The average molecular weight is 269 g/mol. The van der Waals surface area contributed by atoms with E-state index in [9.17, 15) is 9.59 Å². The van der Waals surface area contributed by atoms with Gasteiger partial charge in [0.05, 0.1) is 12.5 Å². The van der Waals surface area contributed by atoms with Crippen molar-refractivity contribution in [3.8, 4) is 0 Å². The Balaban J connectivity index is 1.65. The van der Waals surface area contributed by atoms with Crippen LogP contribution in [0.3, 0.4) is 0 Å². The third kappa shape index (κ3) is 2.13. The second kappa shape index (κ2) is 4.76. The number of hydrogen-bond acceptors (Lipinski definition) is 3. The van der Waals surface area contributed by atoms with Gasteiger partial charge < -0.3 is 10.0 Å². The monoisotopic (exact) mass is 269 g/mol. The molecule has 0 spiro atoms. The van der Waals surface area contributed by atoms with Gasteiger partial charge in [0.25, 0.3) is 0 Å². The van der Waals surface area contributed by atoms with Gasteiger partial charge in [0.1, 0.15) is 0 Å². The lowest BCUT2D eigenvalue weighted by Crippen LogP contribution is -2.48. The van der Waals surface area contributed by atoms with Crippen molar-refractivity contribution < 1.29 is 14.7 Å². The van der Waals surface area contributed by atoms with Gasteiger partial charge in [0, 0.05) is 24.0 Å². The van der Waals surface area contributed by atoms with E-state index in [1.54, 1.807) is 11.8 Å². The van der Waals surface area contributed by atoms with E-state index < -0.39 is 5.97 Å². The van der Waals surface area contributed by atoms with Gasteiger partial charge in [-0.05, 0) is 24.7 Å². The first kappa shape index (κ1) is 12.3. The molecular weight excluding hydrogens is 250 g/mol. The molecule has 100 valence electrons. The Bertz CT molecular complexity index is 363. The smallest absolute Gasteiger partial charge is 0.305 e. The van der Waals surface area contributed by atoms with Crippen molar-refractivity contribution in [3.63, 3.8) is 0 Å². The number of fused-ring (bicyclic) bond motifs is 1. The van der Waals surface area contributed by atoms with E-state index in [1.807, 2.05) is 4.90 Å². The van der Waals surface area contributed by atoms with Crippen molar-refractivity contribution >= 4 is 23.6 Å². The van der Waals surface area contributed by atoms with Gasteiger partial charge in [-0.2, -0.15) is 11.8 Å². The van der Waals surface area contributed by atoms with Crippen LogP contribution in [-0.2, 0) is 9.59 Å². The predicted molar refractivity (Wildman–Crippen MR) is 69.4 cm³/mol. The lowest BCUT2D eigenvalue weighted by molar-refractivity contribution is -0.141. The van der Waals surface area contributed by atoms with Gasteiger partial charge in [-0.3, -0.25) is 9.59 Å². The van der Waals surface area contributed by atoms with Crippen LogP contribution in [0.5, 0.6) is 0 Å². The summed E-state index contributed by atoms with van der Waals surface area (Å²) in [4.78, 5) is 25.2. The van der Waals surface area contributed by atoms with E-state index in [2.05, 4.69) is 0 Å². The van der Waals surface area contributed by atoms with Crippen molar-refractivity contribution in [2.24, 2.45) is 17.8 Å². The average Bonchev–Trinajstić information content (AvgIpc) is 2.81. The fourth-order valence-electron chi connectivity index (χ4n) is 3.69. The Morgan fingerprint density at radius 3 is 2.67 bits per heavy atom. The maximum absolute atomic E-state index is 12.5. The van der Waals surface area contributed by atoms with Crippen molar-refractivity contribution in [2.75, 3.05) is 18.1 Å². The maximum Gasteiger partial charge on any atom is 0.305 e. The van der Waals surface area contributed by atoms with Crippen LogP contribution < -0.4 is 0 Å². The summed E-state index contributed by atoms with van der Waals surface area (Å²) < 4.78 is 0. The van der Waals surface area contributed by atoms with Crippen molar-refractivity contribution in [3.05, 3.63) is 0 Å². The molecule has 1 amide bonds. The summed E-state index contributed by atoms with van der Waals surface area (Å²) >= 11 is 1.76. The van der Waals surface area contributed by atoms with E-state index in [4.69, 9.17) is 5.11 Å². The second-order valence-electron chi connectivity index (χ2n) is 5.64. The largest absolute Gasteiger partial charge is 0.481 e. The van der Waals surface area contributed by atoms with E-state index in [-0.39, 0.29) is 24.3 Å². The number of hydrogen-bond donors (Lipinski definition) is 1. The molecule has 3 aliphatic rings. The highest BCUT2D eigenvalue weighted by atomic mass is 32.2. The fraction of sp³-hybridized carbons (Fsp3) is 0.846. The van der Waals surface area contributed by atoms with Crippen LogP contribution in [-0.4, -0.2) is 46.0 Å². The zero-order valence-corrected chi connectivity index (χ0v) is 11.2. The summed E-state index contributed by atoms with van der Waals surface area (Å²) in [7, 11) is 0. The van der Waals surface area contributed by atoms with E-state index in [0.29, 0.717) is 11.8 Å². The Kier molecular flexibility index (Phi) is 3.26. The summed E-state index contributed by atoms with van der Waals surface area (Å²) in [6, 6.07) is -0.0879. The highest BCUT2D eigenvalue weighted by Gasteiger charge is 2.58. The molecule has 3 atom stereocenters. The predicted octanol–water partition coefficient (Wildman–Crippen LogP) is 1.45. The third-order valence-electron chi connectivity index (χ3n) is 4.61. The first-order valence-corrected chi connectivity index (χ1v) is 7.94. The van der Waals surface area contributed by atoms with E-state index in [0.717, 1.165) is 18.1 Å². The van der Waals surface area contributed by atoms with Gasteiger partial charge in [0.2, 0.25) is 5.91 Å². The second-order valence-corrected chi connectivity index (χ2v) is 6.79. The molecule has 1 heterocycles. The van der Waals surface area contributed by atoms with Crippen LogP contribution >= 0.6 is 11.8 Å². The summed E-state index contributed by atoms with van der Waals surface area (Å²) in [5, 5.41) is 8.93. The molecule has 1 saturated heterocycles. The lowest BCUT2D eigenvalue weighted by atomic mass is 10.1. The number of aliphatic carboxylic acids is 1. The highest BCUT2D eigenvalue weighted by Crippen LogP contribution is 2.58. The molecular formula is C13H19NO3S. The molecule has 5 heteroatoms. The van der Waals surface area contributed by atoms with E-state index in [1.165, 1.54) is 19.3 Å². The van der Waals surface area contributed by atoms with Crippen LogP contribution in [0.4, 0.5) is 0 Å². The molecule has 0 radical (unpaired) electrons. The van der Waals surface area contributed by atoms with Crippen LogP contribution in [0, 0.1) is 17.8 Å². The molecule has 18 heavy (non-hydrogen) atoms. The molecule has 1 N–H and O–H groups in total. The molecule has 0 bridgehead atoms. The zero-order chi connectivity index (χ0) is 12.7. The zero-order valence-electron chi connectivity index (χ0n) is 10.4. The Morgan fingerprint density at radius 2 is 2.00 bits per heavy atom. The summed E-state index contributed by atoms with van der Waals surface area (Å²) in [5.41, 5.74) is 0. The molecule has 3 rings (SSSR count). The fourth-order valence-corrected chi connectivity index (χ4v) is 4.76. The summed E-state index contributed by atoms with van der Waals surface area (Å²) in [5.74, 6) is 2.66. The molecule has 0 aromatic carbocycles. The lowest BCUT2D eigenvalue weighted by Gasteiger charge is -2.35. The number of amides is 1. The van der Waals surface area contributed by atoms with Crippen LogP contribution in [0.1, 0.15) is 25.7 Å². The number of carboxylic acids is 1. The minimum atomic E-state index is -0.795. The summed E-state index contributed by atoms with van der Waals surface area (Å²) in [6.45, 7) is 0.734. The molecule has 2 aliphatic carbocycles. The number of thioether (sulfide) groups is 1. The first-order valence-electron chi connectivity index (χ1n) is 6.78. The topological polar surface area (TPSA) is 57.6 Å². The number of nitrogens with zero attached hydrogens (tertiary/aromatic N) is 1. The van der Waals surface area contributed by atoms with Gasteiger partial charge in [-0.15, -0.1) is 0 Å².